The van der Waals surface area contributed by atoms with Gasteiger partial charge in [0, 0.05) is 30.6 Å². The Balaban J connectivity index is 1.99. The summed E-state index contributed by atoms with van der Waals surface area (Å²) in [4.78, 5) is 15.7. The average Bonchev–Trinajstić information content (AvgIpc) is 2.47. The third kappa shape index (κ3) is 2.72. The first-order valence-electron chi connectivity index (χ1n) is 6.53. The van der Waals surface area contributed by atoms with E-state index in [2.05, 4.69) is 10.3 Å². The molecule has 0 aliphatic rings. The minimum absolute atomic E-state index is 0.368. The van der Waals surface area contributed by atoms with Crippen LogP contribution in [0, 0.1) is 6.92 Å². The van der Waals surface area contributed by atoms with Crippen LogP contribution in [0.1, 0.15) is 5.56 Å². The first-order chi connectivity index (χ1) is 10.2. The number of fused-ring (bicyclic) bond motifs is 1. The summed E-state index contributed by atoms with van der Waals surface area (Å²) in [6, 6.07) is 12.3. The quantitative estimate of drug-likeness (QED) is 0.746. The fourth-order valence-electron chi connectivity index (χ4n) is 2.10. The molecular formula is C16H14N2O3. The van der Waals surface area contributed by atoms with Crippen molar-refractivity contribution in [3.63, 3.8) is 0 Å². The number of aromatic nitrogens is 1. The van der Waals surface area contributed by atoms with Crippen molar-refractivity contribution in [1.82, 2.24) is 4.98 Å². The van der Waals surface area contributed by atoms with Gasteiger partial charge < -0.3 is 14.5 Å². The number of nitrogens with zero attached hydrogens (tertiary/aromatic N) is 1. The Morgan fingerprint density at radius 3 is 2.86 bits per heavy atom. The molecule has 3 rings (SSSR count). The summed E-state index contributed by atoms with van der Waals surface area (Å²) < 4.78 is 10.9. The number of hydrogen-bond acceptors (Lipinski definition) is 5. The van der Waals surface area contributed by atoms with E-state index in [1.165, 1.54) is 6.07 Å². The van der Waals surface area contributed by atoms with Crippen LogP contribution in [0.5, 0.6) is 11.6 Å². The van der Waals surface area contributed by atoms with E-state index in [-0.39, 0.29) is 5.63 Å². The minimum atomic E-state index is -0.368. The molecule has 5 heteroatoms. The molecule has 0 fully saturated rings. The fourth-order valence-corrected chi connectivity index (χ4v) is 2.10. The zero-order valence-corrected chi connectivity index (χ0v) is 11.7. The Kier molecular flexibility index (Phi) is 3.31. The van der Waals surface area contributed by atoms with Gasteiger partial charge >= 0.3 is 5.63 Å². The molecule has 0 amide bonds. The van der Waals surface area contributed by atoms with Crippen LogP contribution in [0.3, 0.4) is 0 Å². The molecule has 106 valence electrons. The standard InChI is InChI=1S/C16H14N2O3/c1-10-8-16(19)21-13-9-11(6-7-12(10)13)20-15-5-3-4-14(17-2)18-15/h3-9H,1-2H3,(H,17,18). The number of nitrogens with one attached hydrogen (secondary N) is 1. The van der Waals surface area contributed by atoms with E-state index in [9.17, 15) is 4.79 Å². The molecule has 0 aliphatic heterocycles. The van der Waals surface area contributed by atoms with Gasteiger partial charge in [0.2, 0.25) is 5.88 Å². The second-order valence-electron chi connectivity index (χ2n) is 4.62. The highest BCUT2D eigenvalue weighted by molar-refractivity contribution is 5.81. The zero-order chi connectivity index (χ0) is 14.8. The second kappa shape index (κ2) is 5.28. The maximum absolute atomic E-state index is 11.4. The lowest BCUT2D eigenvalue weighted by molar-refractivity contribution is 0.462. The number of rotatable bonds is 3. The van der Waals surface area contributed by atoms with E-state index in [0.717, 1.165) is 16.8 Å². The van der Waals surface area contributed by atoms with Crippen LogP contribution in [-0.2, 0) is 0 Å². The van der Waals surface area contributed by atoms with Crippen molar-refractivity contribution in [3.05, 3.63) is 58.4 Å². The van der Waals surface area contributed by atoms with Crippen molar-refractivity contribution >= 4 is 16.8 Å². The Bertz CT molecular complexity index is 856. The van der Waals surface area contributed by atoms with Gasteiger partial charge in [-0.15, -0.1) is 0 Å². The molecule has 5 nitrogen and oxygen atoms in total. The van der Waals surface area contributed by atoms with E-state index in [0.29, 0.717) is 17.2 Å². The Morgan fingerprint density at radius 2 is 2.05 bits per heavy atom. The van der Waals surface area contributed by atoms with Crippen LogP contribution in [-0.4, -0.2) is 12.0 Å². The largest absolute Gasteiger partial charge is 0.439 e. The van der Waals surface area contributed by atoms with Crippen molar-refractivity contribution in [3.8, 4) is 11.6 Å². The van der Waals surface area contributed by atoms with Gasteiger partial charge in [0.05, 0.1) is 0 Å². The van der Waals surface area contributed by atoms with Crippen molar-refractivity contribution < 1.29 is 9.15 Å². The van der Waals surface area contributed by atoms with Crippen molar-refractivity contribution in [2.24, 2.45) is 0 Å². The predicted octanol–water partition coefficient (Wildman–Crippen LogP) is 3.33. The van der Waals surface area contributed by atoms with Gasteiger partial charge in [-0.3, -0.25) is 0 Å². The molecule has 0 saturated heterocycles. The molecule has 0 radical (unpaired) electrons. The Hall–Kier alpha value is -2.82. The summed E-state index contributed by atoms with van der Waals surface area (Å²) in [6.45, 7) is 1.87. The van der Waals surface area contributed by atoms with Crippen molar-refractivity contribution in [2.45, 2.75) is 6.92 Å². The normalized spacial score (nSPS) is 10.6. The highest BCUT2D eigenvalue weighted by Gasteiger charge is 2.05. The smallest absolute Gasteiger partial charge is 0.336 e. The first kappa shape index (κ1) is 13.2. The molecular weight excluding hydrogens is 268 g/mol. The summed E-state index contributed by atoms with van der Waals surface area (Å²) in [6.07, 6.45) is 0. The number of hydrogen-bond donors (Lipinski definition) is 1. The monoisotopic (exact) mass is 282 g/mol. The Morgan fingerprint density at radius 1 is 1.19 bits per heavy atom. The second-order valence-corrected chi connectivity index (χ2v) is 4.62. The van der Waals surface area contributed by atoms with Crippen LogP contribution in [0.25, 0.3) is 11.0 Å². The summed E-state index contributed by atoms with van der Waals surface area (Å²) >= 11 is 0. The number of ether oxygens (including phenoxy) is 1. The molecule has 0 unspecified atom stereocenters. The Labute approximate surface area is 121 Å². The van der Waals surface area contributed by atoms with Gasteiger partial charge in [-0.05, 0) is 30.7 Å². The highest BCUT2D eigenvalue weighted by Crippen LogP contribution is 2.26. The van der Waals surface area contributed by atoms with Crippen LogP contribution in [0.2, 0.25) is 0 Å². The molecule has 3 aromatic rings. The molecule has 0 aliphatic carbocycles. The van der Waals surface area contributed by atoms with Crippen molar-refractivity contribution in [1.29, 1.82) is 0 Å². The topological polar surface area (TPSA) is 64.4 Å². The molecule has 2 aromatic heterocycles. The van der Waals surface area contributed by atoms with Crippen LogP contribution in [0.4, 0.5) is 5.82 Å². The summed E-state index contributed by atoms with van der Waals surface area (Å²) in [7, 11) is 1.79. The first-order valence-corrected chi connectivity index (χ1v) is 6.53. The maximum atomic E-state index is 11.4. The third-order valence-corrected chi connectivity index (χ3v) is 3.12. The minimum Gasteiger partial charge on any atom is -0.439 e. The van der Waals surface area contributed by atoms with E-state index in [4.69, 9.17) is 9.15 Å². The highest BCUT2D eigenvalue weighted by atomic mass is 16.5. The van der Waals surface area contributed by atoms with E-state index >= 15 is 0 Å². The number of pyridine rings is 1. The molecule has 0 spiro atoms. The SMILES string of the molecule is CNc1cccc(Oc2ccc3c(C)cc(=O)oc3c2)n1. The van der Waals surface area contributed by atoms with Gasteiger partial charge in [0.1, 0.15) is 17.2 Å². The number of anilines is 1. The van der Waals surface area contributed by atoms with Gasteiger partial charge in [-0.2, -0.15) is 4.98 Å². The van der Waals surface area contributed by atoms with E-state index in [1.54, 1.807) is 19.2 Å². The summed E-state index contributed by atoms with van der Waals surface area (Å²) in [5.41, 5.74) is 1.01. The molecule has 0 atom stereocenters. The van der Waals surface area contributed by atoms with Gasteiger partial charge in [-0.1, -0.05) is 6.07 Å². The molecule has 1 N–H and O–H groups in total. The van der Waals surface area contributed by atoms with Crippen molar-refractivity contribution in [2.75, 3.05) is 12.4 Å². The summed E-state index contributed by atoms with van der Waals surface area (Å²) in [5.74, 6) is 1.75. The predicted molar refractivity (Wildman–Crippen MR) is 81.1 cm³/mol. The van der Waals surface area contributed by atoms with Gasteiger partial charge in [-0.25, -0.2) is 4.79 Å². The van der Waals surface area contributed by atoms with E-state index < -0.39 is 0 Å². The molecule has 2 heterocycles. The van der Waals surface area contributed by atoms with Crippen LogP contribution < -0.4 is 15.7 Å². The van der Waals surface area contributed by atoms with E-state index in [1.807, 2.05) is 31.2 Å². The lowest BCUT2D eigenvalue weighted by atomic mass is 10.1. The van der Waals surface area contributed by atoms with Gasteiger partial charge in [0.15, 0.2) is 0 Å². The fraction of sp³-hybridized carbons (Fsp3) is 0.125. The van der Waals surface area contributed by atoms with Gasteiger partial charge in [0.25, 0.3) is 0 Å². The zero-order valence-electron chi connectivity index (χ0n) is 11.7. The molecule has 21 heavy (non-hydrogen) atoms. The third-order valence-electron chi connectivity index (χ3n) is 3.12. The number of benzene rings is 1. The molecule has 1 aromatic carbocycles. The molecule has 0 saturated carbocycles. The molecule has 0 bridgehead atoms. The lowest BCUT2D eigenvalue weighted by Gasteiger charge is -2.07. The summed E-state index contributed by atoms with van der Waals surface area (Å²) in [5, 5.41) is 3.83. The lowest BCUT2D eigenvalue weighted by Crippen LogP contribution is -1.98. The maximum Gasteiger partial charge on any atom is 0.336 e. The van der Waals surface area contributed by atoms with Crippen LogP contribution in [0.15, 0.2) is 51.7 Å². The number of aryl methyl sites for hydroxylation is 1. The average molecular weight is 282 g/mol. The van der Waals surface area contributed by atoms with Crippen LogP contribution >= 0.6 is 0 Å².